The standard InChI is InChI=1S/C52H66N10O9/c1-8-46(64)61-33(4)29-44(42-11-9-10-12-43(42)61)62(52(69)71-31-36-13-15-38(16-14-36)57-48(65)34(5)55-49(66)47(53)32(2)3)40-21-17-37(18-22-40)56-45(63)30-54-51(68)58-39-19-23-41(24-20-39)70-28-27-60-26-25-59(7)50(67)35(60)6/h9-24,32-35,44,47H,8,25-31,53H2,1-7H3,(H,55,66)(H,56,63)(H,57,65)(H2,54,58,68)/t33-,34-,35+,44+,47-/m0/s1. The zero-order chi connectivity index (χ0) is 51.4. The molecule has 2 aliphatic rings. The molecule has 19 nitrogen and oxygen atoms in total. The van der Waals surface area contributed by atoms with Crippen molar-refractivity contribution in [3.05, 3.63) is 108 Å². The molecule has 19 heteroatoms. The molecular formula is C52H66N10O9. The number of nitrogens with two attached hydrogens (primary N) is 1. The summed E-state index contributed by atoms with van der Waals surface area (Å²) in [6.45, 7) is 12.9. The van der Waals surface area contributed by atoms with Crippen LogP contribution in [0.5, 0.6) is 5.75 Å². The van der Waals surface area contributed by atoms with Crippen LogP contribution in [0.1, 0.15) is 71.6 Å². The number of para-hydroxylation sites is 1. The fraction of sp³-hybridized carbons (Fsp3) is 0.404. The van der Waals surface area contributed by atoms with Crippen LogP contribution in [0, 0.1) is 5.92 Å². The second kappa shape index (κ2) is 24.4. The molecule has 0 bridgehead atoms. The van der Waals surface area contributed by atoms with Gasteiger partial charge in [-0.25, -0.2) is 9.59 Å². The number of anilines is 5. The Balaban J connectivity index is 1.06. The molecule has 0 aliphatic carbocycles. The first-order valence-corrected chi connectivity index (χ1v) is 23.9. The number of ether oxygens (including phenoxy) is 2. The van der Waals surface area contributed by atoms with Gasteiger partial charge in [0.1, 0.15) is 25.0 Å². The summed E-state index contributed by atoms with van der Waals surface area (Å²) in [5.41, 5.74) is 9.88. The zero-order valence-electron chi connectivity index (χ0n) is 41.4. The van der Waals surface area contributed by atoms with Gasteiger partial charge in [0.25, 0.3) is 0 Å². The molecule has 2 aliphatic heterocycles. The highest BCUT2D eigenvalue weighted by atomic mass is 16.6. The molecule has 0 spiro atoms. The highest BCUT2D eigenvalue weighted by Gasteiger charge is 2.39. The third-order valence-electron chi connectivity index (χ3n) is 12.6. The number of carbonyl (C=O) groups is 7. The summed E-state index contributed by atoms with van der Waals surface area (Å²) < 4.78 is 11.8. The van der Waals surface area contributed by atoms with Crippen molar-refractivity contribution in [2.45, 2.75) is 91.2 Å². The predicted octanol–water partition coefficient (Wildman–Crippen LogP) is 5.83. The van der Waals surface area contributed by atoms with Crippen molar-refractivity contribution < 1.29 is 43.0 Å². The van der Waals surface area contributed by atoms with E-state index in [1.807, 2.05) is 58.9 Å². The molecule has 1 fully saturated rings. The number of likely N-dealkylation sites (N-methyl/N-ethyl adjacent to an activating group) is 1. The molecular weight excluding hydrogens is 909 g/mol. The summed E-state index contributed by atoms with van der Waals surface area (Å²) in [6, 6.07) is 24.5. The van der Waals surface area contributed by atoms with Crippen LogP contribution < -0.4 is 46.9 Å². The predicted molar refractivity (Wildman–Crippen MR) is 272 cm³/mol. The van der Waals surface area contributed by atoms with Gasteiger partial charge in [-0.15, -0.1) is 0 Å². The van der Waals surface area contributed by atoms with Crippen molar-refractivity contribution in [1.82, 2.24) is 20.4 Å². The van der Waals surface area contributed by atoms with Crippen molar-refractivity contribution >= 4 is 70.1 Å². The van der Waals surface area contributed by atoms with Crippen molar-refractivity contribution in [3.8, 4) is 5.75 Å². The molecule has 6 rings (SSSR count). The second-order valence-corrected chi connectivity index (χ2v) is 18.1. The molecule has 2 heterocycles. The first kappa shape index (κ1) is 52.9. The molecule has 378 valence electrons. The second-order valence-electron chi connectivity index (χ2n) is 18.1. The summed E-state index contributed by atoms with van der Waals surface area (Å²) in [5.74, 6) is -0.767. The van der Waals surface area contributed by atoms with E-state index in [2.05, 4.69) is 31.5 Å². The maximum Gasteiger partial charge on any atom is 0.415 e. The minimum absolute atomic E-state index is 0.0398. The molecule has 8 amide bonds. The van der Waals surface area contributed by atoms with Crippen molar-refractivity contribution in [2.75, 3.05) is 65.6 Å². The van der Waals surface area contributed by atoms with Gasteiger partial charge in [-0.1, -0.05) is 51.1 Å². The SMILES string of the molecule is CCC(=O)N1c2ccccc2[C@H](N(C(=O)OCc2ccc(NC(=O)[C@H](C)NC(=O)[C@@H](N)C(C)C)cc2)c2ccc(NC(=O)CNC(=O)Nc3ccc(OCCN4CCN(C)C(=O)[C@H]4C)cc3)cc2)C[C@@H]1C. The lowest BCUT2D eigenvalue weighted by Crippen LogP contribution is -2.55. The number of benzene rings is 4. The number of fused-ring (bicyclic) bond motifs is 1. The molecule has 1 saturated heterocycles. The number of piperazine rings is 1. The van der Waals surface area contributed by atoms with Gasteiger partial charge in [-0.2, -0.15) is 0 Å². The van der Waals surface area contributed by atoms with E-state index in [-0.39, 0.29) is 43.0 Å². The molecule has 4 aromatic carbocycles. The molecule has 4 aromatic rings. The Bertz CT molecular complexity index is 2520. The third kappa shape index (κ3) is 13.8. The minimum Gasteiger partial charge on any atom is -0.492 e. The molecule has 0 radical (unpaired) electrons. The van der Waals surface area contributed by atoms with E-state index in [1.54, 1.807) is 101 Å². The van der Waals surface area contributed by atoms with Crippen LogP contribution in [-0.2, 0) is 35.3 Å². The highest BCUT2D eigenvalue weighted by molar-refractivity contribution is 5.99. The Morgan fingerprint density at radius 2 is 1.44 bits per heavy atom. The van der Waals surface area contributed by atoms with Gasteiger partial charge in [0.2, 0.25) is 29.5 Å². The van der Waals surface area contributed by atoms with Gasteiger partial charge in [-0.3, -0.25) is 33.8 Å². The Hall–Kier alpha value is -7.51. The van der Waals surface area contributed by atoms with Crippen LogP contribution in [0.3, 0.4) is 0 Å². The number of amides is 8. The van der Waals surface area contributed by atoms with Crippen LogP contribution in [0.15, 0.2) is 97.1 Å². The van der Waals surface area contributed by atoms with E-state index in [0.717, 1.165) is 12.1 Å². The summed E-state index contributed by atoms with van der Waals surface area (Å²) in [5, 5.41) is 13.4. The van der Waals surface area contributed by atoms with Gasteiger partial charge in [-0.05, 0) is 111 Å². The fourth-order valence-corrected chi connectivity index (χ4v) is 8.34. The zero-order valence-corrected chi connectivity index (χ0v) is 41.4. The van der Waals surface area contributed by atoms with Crippen molar-refractivity contribution in [3.63, 3.8) is 0 Å². The minimum atomic E-state index is -0.832. The molecule has 5 atom stereocenters. The summed E-state index contributed by atoms with van der Waals surface area (Å²) >= 11 is 0. The maximum atomic E-state index is 14.3. The Morgan fingerprint density at radius 1 is 0.803 bits per heavy atom. The largest absolute Gasteiger partial charge is 0.492 e. The van der Waals surface area contributed by atoms with Gasteiger partial charge in [0.05, 0.1) is 24.7 Å². The topological polar surface area (TPSA) is 237 Å². The Morgan fingerprint density at radius 3 is 2.11 bits per heavy atom. The third-order valence-corrected chi connectivity index (χ3v) is 12.6. The Kier molecular flexibility index (Phi) is 18.1. The molecule has 0 saturated carbocycles. The van der Waals surface area contributed by atoms with Crippen molar-refractivity contribution in [1.29, 1.82) is 0 Å². The van der Waals surface area contributed by atoms with Gasteiger partial charge in [0, 0.05) is 67.6 Å². The van der Waals surface area contributed by atoms with Crippen LogP contribution in [0.2, 0.25) is 0 Å². The van der Waals surface area contributed by atoms with Crippen LogP contribution >= 0.6 is 0 Å². The lowest BCUT2D eigenvalue weighted by atomic mass is 9.90. The number of hydrogen-bond donors (Lipinski definition) is 6. The summed E-state index contributed by atoms with van der Waals surface area (Å²) in [7, 11) is 1.80. The highest BCUT2D eigenvalue weighted by Crippen LogP contribution is 2.43. The monoisotopic (exact) mass is 975 g/mol. The Labute approximate surface area is 414 Å². The quantitative estimate of drug-likeness (QED) is 0.0694. The lowest BCUT2D eigenvalue weighted by molar-refractivity contribution is -0.139. The first-order chi connectivity index (χ1) is 33.9. The smallest absolute Gasteiger partial charge is 0.415 e. The van der Waals surface area contributed by atoms with Crippen LogP contribution in [0.25, 0.3) is 0 Å². The number of urea groups is 1. The van der Waals surface area contributed by atoms with E-state index in [1.165, 1.54) is 0 Å². The maximum absolute atomic E-state index is 14.3. The van der Waals surface area contributed by atoms with Gasteiger partial charge in [0.15, 0.2) is 0 Å². The summed E-state index contributed by atoms with van der Waals surface area (Å²) in [4.78, 5) is 97.9. The molecule has 0 unspecified atom stereocenters. The van der Waals surface area contributed by atoms with E-state index >= 15 is 0 Å². The molecule has 0 aromatic heterocycles. The fourth-order valence-electron chi connectivity index (χ4n) is 8.34. The number of hydrogen-bond acceptors (Lipinski definition) is 11. The number of nitrogens with one attached hydrogen (secondary N) is 5. The molecule has 71 heavy (non-hydrogen) atoms. The summed E-state index contributed by atoms with van der Waals surface area (Å²) in [6.07, 6.45) is 0.0540. The number of nitrogens with zero attached hydrogens (tertiary/aromatic N) is 4. The van der Waals surface area contributed by atoms with E-state index in [0.29, 0.717) is 72.3 Å². The number of carbonyl (C=O) groups excluding carboxylic acids is 7. The average Bonchev–Trinajstić information content (AvgIpc) is 3.36. The van der Waals surface area contributed by atoms with Crippen LogP contribution in [0.4, 0.5) is 38.0 Å². The van der Waals surface area contributed by atoms with Crippen LogP contribution in [-0.4, -0.2) is 115 Å². The normalized spacial score (nSPS) is 17.5. The average molecular weight is 975 g/mol. The molecule has 7 N–H and O–H groups in total. The number of rotatable bonds is 18. The van der Waals surface area contributed by atoms with E-state index < -0.39 is 48.0 Å². The van der Waals surface area contributed by atoms with Crippen molar-refractivity contribution in [2.24, 2.45) is 11.7 Å². The van der Waals surface area contributed by atoms with E-state index in [9.17, 15) is 33.6 Å². The first-order valence-electron chi connectivity index (χ1n) is 23.9. The van der Waals surface area contributed by atoms with Gasteiger partial charge >= 0.3 is 12.1 Å². The lowest BCUT2D eigenvalue weighted by Gasteiger charge is -2.43. The van der Waals surface area contributed by atoms with E-state index in [4.69, 9.17) is 15.2 Å². The van der Waals surface area contributed by atoms with Gasteiger partial charge < -0.3 is 51.6 Å².